The molecular formula is C24H42F2O3. The smallest absolute Gasteiger partial charge is 0.195 e. The van der Waals surface area contributed by atoms with E-state index in [1.807, 2.05) is 6.92 Å². The molecule has 0 radical (unpaired) electrons. The van der Waals surface area contributed by atoms with Crippen LogP contribution < -0.4 is 0 Å². The summed E-state index contributed by atoms with van der Waals surface area (Å²) >= 11 is 0. The number of ether oxygens (including phenoxy) is 3. The topological polar surface area (TPSA) is 27.7 Å². The monoisotopic (exact) mass is 416 g/mol. The Bertz CT molecular complexity index is 522. The molecule has 0 aliphatic carbocycles. The predicted molar refractivity (Wildman–Crippen MR) is 115 cm³/mol. The summed E-state index contributed by atoms with van der Waals surface area (Å²) in [7, 11) is 1.34. The third kappa shape index (κ3) is 9.61. The Balaban J connectivity index is 2.31. The highest BCUT2D eigenvalue weighted by Crippen LogP contribution is 2.29. The predicted octanol–water partition coefficient (Wildman–Crippen LogP) is 7.27. The Morgan fingerprint density at radius 3 is 2.38 bits per heavy atom. The molecule has 5 heteroatoms. The number of hydrogen-bond donors (Lipinski definition) is 0. The second-order valence-electron chi connectivity index (χ2n) is 8.59. The van der Waals surface area contributed by atoms with Crippen LogP contribution in [-0.4, -0.2) is 32.5 Å². The molecule has 1 rings (SSSR count). The van der Waals surface area contributed by atoms with Crippen molar-refractivity contribution < 1.29 is 23.0 Å². The molecule has 0 amide bonds. The molecular weight excluding hydrogens is 374 g/mol. The zero-order valence-electron chi connectivity index (χ0n) is 19.4. The van der Waals surface area contributed by atoms with Crippen LogP contribution in [0.25, 0.3) is 0 Å². The molecule has 0 bridgehead atoms. The van der Waals surface area contributed by atoms with Gasteiger partial charge in [0.15, 0.2) is 11.7 Å². The lowest BCUT2D eigenvalue weighted by Crippen LogP contribution is -2.29. The van der Waals surface area contributed by atoms with E-state index < -0.39 is 11.7 Å². The largest absolute Gasteiger partial charge is 0.498 e. The third-order valence-corrected chi connectivity index (χ3v) is 6.11. The SMILES string of the molecule is CCCCCC1CCC(COC(C)CCC(C)/C(C)=C(F)/C(F)=C(\C)OC)CO1. The molecule has 4 atom stereocenters. The quantitative estimate of drug-likeness (QED) is 0.179. The molecule has 4 unspecified atom stereocenters. The van der Waals surface area contributed by atoms with E-state index in [4.69, 9.17) is 14.2 Å². The normalized spacial score (nSPS) is 23.9. The van der Waals surface area contributed by atoms with Crippen molar-refractivity contribution in [1.29, 1.82) is 0 Å². The molecule has 1 heterocycles. The van der Waals surface area contributed by atoms with Crippen molar-refractivity contribution >= 4 is 0 Å². The highest BCUT2D eigenvalue weighted by Gasteiger charge is 2.22. The minimum Gasteiger partial charge on any atom is -0.498 e. The molecule has 0 aromatic carbocycles. The minimum atomic E-state index is -0.911. The van der Waals surface area contributed by atoms with Crippen LogP contribution in [0.3, 0.4) is 0 Å². The van der Waals surface area contributed by atoms with Crippen LogP contribution in [-0.2, 0) is 14.2 Å². The molecule has 0 aromatic heterocycles. The first kappa shape index (κ1) is 26.1. The fraction of sp³-hybridized carbons (Fsp3) is 0.833. The van der Waals surface area contributed by atoms with Crippen LogP contribution in [0, 0.1) is 11.8 Å². The molecule has 0 aromatic rings. The van der Waals surface area contributed by atoms with Gasteiger partial charge >= 0.3 is 0 Å². The maximum Gasteiger partial charge on any atom is 0.195 e. The van der Waals surface area contributed by atoms with Gasteiger partial charge in [0, 0.05) is 5.92 Å². The molecule has 0 N–H and O–H groups in total. The zero-order chi connectivity index (χ0) is 21.8. The van der Waals surface area contributed by atoms with Gasteiger partial charge in [0.25, 0.3) is 0 Å². The molecule has 29 heavy (non-hydrogen) atoms. The summed E-state index contributed by atoms with van der Waals surface area (Å²) in [5.41, 5.74) is 0.417. The molecule has 3 nitrogen and oxygen atoms in total. The molecule has 1 fully saturated rings. The number of allylic oxidation sites excluding steroid dienone is 4. The summed E-state index contributed by atoms with van der Waals surface area (Å²) in [6.45, 7) is 10.8. The molecule has 1 aliphatic rings. The van der Waals surface area contributed by atoms with Crippen LogP contribution >= 0.6 is 0 Å². The van der Waals surface area contributed by atoms with Gasteiger partial charge in [0.2, 0.25) is 0 Å². The van der Waals surface area contributed by atoms with Gasteiger partial charge in [-0.25, -0.2) is 8.78 Å². The third-order valence-electron chi connectivity index (χ3n) is 6.11. The first-order valence-electron chi connectivity index (χ1n) is 11.3. The van der Waals surface area contributed by atoms with Gasteiger partial charge in [0.1, 0.15) is 5.76 Å². The van der Waals surface area contributed by atoms with Crippen molar-refractivity contribution in [3.05, 3.63) is 23.0 Å². The number of rotatable bonds is 13. The highest BCUT2D eigenvalue weighted by molar-refractivity contribution is 5.27. The number of halogens is 2. The van der Waals surface area contributed by atoms with Gasteiger partial charge in [-0.05, 0) is 64.4 Å². The van der Waals surface area contributed by atoms with Crippen molar-refractivity contribution in [3.63, 3.8) is 0 Å². The van der Waals surface area contributed by atoms with E-state index in [1.54, 1.807) is 6.92 Å². The fourth-order valence-electron chi connectivity index (χ4n) is 3.56. The van der Waals surface area contributed by atoms with E-state index in [1.165, 1.54) is 39.7 Å². The standard InChI is InChI=1S/C24H42F2O3/c1-7-8-9-10-22-14-13-21(16-29-22)15-28-18(3)12-11-17(2)19(4)23(25)24(26)20(5)27-6/h17-18,21-22H,7-16H2,1-6H3/b23-19-,24-20-. The van der Waals surface area contributed by atoms with E-state index in [-0.39, 0.29) is 17.8 Å². The first-order chi connectivity index (χ1) is 13.8. The van der Waals surface area contributed by atoms with Crippen LogP contribution in [0.2, 0.25) is 0 Å². The summed E-state index contributed by atoms with van der Waals surface area (Å²) in [5, 5.41) is 0. The van der Waals surface area contributed by atoms with Crippen LogP contribution in [0.1, 0.15) is 86.0 Å². The van der Waals surface area contributed by atoms with Crippen molar-refractivity contribution in [2.24, 2.45) is 11.8 Å². The summed E-state index contributed by atoms with van der Waals surface area (Å²) in [6, 6.07) is 0. The maximum atomic E-state index is 14.2. The summed E-state index contributed by atoms with van der Waals surface area (Å²) in [5.74, 6) is -1.34. The molecule has 1 saturated heterocycles. The van der Waals surface area contributed by atoms with Gasteiger partial charge < -0.3 is 14.2 Å². The van der Waals surface area contributed by atoms with Gasteiger partial charge in [-0.2, -0.15) is 0 Å². The van der Waals surface area contributed by atoms with E-state index in [2.05, 4.69) is 13.8 Å². The summed E-state index contributed by atoms with van der Waals surface area (Å²) in [6.07, 6.45) is 9.36. The van der Waals surface area contributed by atoms with Crippen LogP contribution in [0.5, 0.6) is 0 Å². The Labute approximate surface area is 176 Å². The van der Waals surface area contributed by atoms with Crippen molar-refractivity contribution in [1.82, 2.24) is 0 Å². The van der Waals surface area contributed by atoms with Crippen LogP contribution in [0.4, 0.5) is 8.78 Å². The van der Waals surface area contributed by atoms with Gasteiger partial charge in [0.05, 0.1) is 32.5 Å². The summed E-state index contributed by atoms with van der Waals surface area (Å²) in [4.78, 5) is 0. The molecule has 170 valence electrons. The molecule has 0 spiro atoms. The van der Waals surface area contributed by atoms with Gasteiger partial charge in [-0.15, -0.1) is 0 Å². The Morgan fingerprint density at radius 2 is 1.79 bits per heavy atom. The Morgan fingerprint density at radius 1 is 1.07 bits per heavy atom. The lowest BCUT2D eigenvalue weighted by Gasteiger charge is -2.30. The number of unbranched alkanes of at least 4 members (excludes halogenated alkanes) is 2. The minimum absolute atomic E-state index is 0.0342. The second-order valence-corrected chi connectivity index (χ2v) is 8.59. The van der Waals surface area contributed by atoms with E-state index in [0.29, 0.717) is 24.2 Å². The van der Waals surface area contributed by atoms with Crippen LogP contribution in [0.15, 0.2) is 23.0 Å². The fourth-order valence-corrected chi connectivity index (χ4v) is 3.56. The van der Waals surface area contributed by atoms with Crippen molar-refractivity contribution in [2.75, 3.05) is 20.3 Å². The van der Waals surface area contributed by atoms with Crippen molar-refractivity contribution in [2.45, 2.75) is 98.2 Å². The van der Waals surface area contributed by atoms with E-state index >= 15 is 0 Å². The average Bonchev–Trinajstić information content (AvgIpc) is 2.74. The van der Waals surface area contributed by atoms with Gasteiger partial charge in [-0.3, -0.25) is 0 Å². The zero-order valence-corrected chi connectivity index (χ0v) is 19.4. The van der Waals surface area contributed by atoms with Crippen molar-refractivity contribution in [3.8, 4) is 0 Å². The lowest BCUT2D eigenvalue weighted by molar-refractivity contribution is -0.0579. The van der Waals surface area contributed by atoms with E-state index in [9.17, 15) is 8.78 Å². The molecule has 1 aliphatic heterocycles. The lowest BCUT2D eigenvalue weighted by atomic mass is 9.94. The highest BCUT2D eigenvalue weighted by atomic mass is 19.2. The Kier molecular flexibility index (Phi) is 12.7. The maximum absolute atomic E-state index is 14.2. The van der Waals surface area contributed by atoms with Gasteiger partial charge in [-0.1, -0.05) is 33.1 Å². The molecule has 0 saturated carbocycles. The van der Waals surface area contributed by atoms with E-state index in [0.717, 1.165) is 32.3 Å². The first-order valence-corrected chi connectivity index (χ1v) is 11.3. The Hall–Kier alpha value is -0.940. The second kappa shape index (κ2) is 14.1. The average molecular weight is 417 g/mol. The number of methoxy groups -OCH3 is 1. The number of hydrogen-bond acceptors (Lipinski definition) is 3. The summed E-state index contributed by atoms with van der Waals surface area (Å²) < 4.78 is 45.0.